The minimum atomic E-state index is -2.22. The number of aliphatic carboxylic acids is 4. The van der Waals surface area contributed by atoms with Crippen molar-refractivity contribution < 1.29 is 39.6 Å². The molecule has 0 aliphatic carbocycles. The quantitative estimate of drug-likeness (QED) is 0.235. The number of hydrogen-bond donors (Lipinski definition) is 6. The van der Waals surface area contributed by atoms with Crippen LogP contribution < -0.4 is 11.5 Å². The summed E-state index contributed by atoms with van der Waals surface area (Å²) in [4.78, 5) is 43.2. The Balaban J connectivity index is -0.00000180. The summed E-state index contributed by atoms with van der Waals surface area (Å²) in [6.45, 7) is 0. The third kappa shape index (κ3) is 8.44. The molecule has 0 aliphatic heterocycles. The number of nitrogens with two attached hydrogens (primary N) is 2. The molecule has 0 aromatic carbocycles. The molecule has 0 aromatic rings. The third-order valence-electron chi connectivity index (χ3n) is 2.86. The van der Waals surface area contributed by atoms with Crippen molar-refractivity contribution >= 4 is 83.0 Å². The first kappa shape index (κ1) is 26.7. The van der Waals surface area contributed by atoms with E-state index >= 15 is 0 Å². The fraction of sp³-hybridized carbons (Fsp3) is 0.600. The van der Waals surface area contributed by atoms with Crippen LogP contribution in [0.1, 0.15) is 25.7 Å². The summed E-state index contributed by atoms with van der Waals surface area (Å²) < 4.78 is 0. The molecule has 0 fully saturated rings. The summed E-state index contributed by atoms with van der Waals surface area (Å²) in [5, 5.41) is 35.1. The number of rotatable bonds is 9. The van der Waals surface area contributed by atoms with Gasteiger partial charge in [0.2, 0.25) is 0 Å². The maximum atomic E-state index is 10.8. The van der Waals surface area contributed by atoms with Crippen LogP contribution in [0.15, 0.2) is 0 Å². The van der Waals surface area contributed by atoms with Gasteiger partial charge >= 0.3 is 83.0 Å². The average molecular weight is 340 g/mol. The van der Waals surface area contributed by atoms with Crippen LogP contribution in [0.5, 0.6) is 0 Å². The van der Waals surface area contributed by atoms with Gasteiger partial charge in [-0.15, -0.1) is 0 Å². The van der Waals surface area contributed by atoms with Gasteiger partial charge in [-0.25, -0.2) is 0 Å². The van der Waals surface area contributed by atoms with E-state index in [0.717, 1.165) is 0 Å². The van der Waals surface area contributed by atoms with Gasteiger partial charge in [0, 0.05) is 0 Å². The van der Waals surface area contributed by atoms with E-state index in [1.54, 1.807) is 0 Å². The number of hydrogen-bond acceptors (Lipinski definition) is 6. The number of carboxylic acids is 4. The van der Waals surface area contributed by atoms with Gasteiger partial charge in [0.15, 0.2) is 0 Å². The molecule has 0 rings (SSSR count). The first-order valence-corrected chi connectivity index (χ1v) is 5.37. The first-order chi connectivity index (χ1) is 8.92. The van der Waals surface area contributed by atoms with Crippen LogP contribution in [-0.4, -0.2) is 114 Å². The number of carboxylic acid groups (broad SMARTS) is 4. The Morgan fingerprint density at radius 2 is 0.727 bits per heavy atom. The predicted molar refractivity (Wildman–Crippen MR) is 77.1 cm³/mol. The molecular weight excluding hydrogens is 322 g/mol. The summed E-state index contributed by atoms with van der Waals surface area (Å²) in [6, 6.07) is 0. The molecule has 22 heavy (non-hydrogen) atoms. The van der Waals surface area contributed by atoms with Crippen molar-refractivity contribution in [3.63, 3.8) is 0 Å². The summed E-state index contributed by atoms with van der Waals surface area (Å²) in [6.07, 6.45) is -3.90. The maximum absolute atomic E-state index is 10.8. The second kappa shape index (κ2) is 10.6. The second-order valence-electron chi connectivity index (χ2n) is 4.59. The number of carbonyl (C=O) groups is 4. The molecule has 12 heteroatoms. The van der Waals surface area contributed by atoms with E-state index in [4.69, 9.17) is 31.9 Å². The van der Waals surface area contributed by atoms with Crippen LogP contribution in [-0.2, 0) is 19.2 Å². The monoisotopic (exact) mass is 340 g/mol. The molecule has 0 saturated carbocycles. The third-order valence-corrected chi connectivity index (χ3v) is 2.86. The van der Waals surface area contributed by atoms with Crippen molar-refractivity contribution in [2.24, 2.45) is 11.5 Å². The van der Waals surface area contributed by atoms with Gasteiger partial charge in [-0.2, -0.15) is 0 Å². The van der Waals surface area contributed by atoms with Crippen LogP contribution in [0.4, 0.5) is 0 Å². The Morgan fingerprint density at radius 1 is 0.591 bits per heavy atom. The summed E-state index contributed by atoms with van der Waals surface area (Å²) >= 11 is 0. The van der Waals surface area contributed by atoms with Gasteiger partial charge in [0.1, 0.15) is 0 Å². The molecule has 118 valence electrons. The summed E-state index contributed by atoms with van der Waals surface area (Å²) in [7, 11) is 0. The van der Waals surface area contributed by atoms with Crippen molar-refractivity contribution in [1.29, 1.82) is 0 Å². The SMILES string of the molecule is NC(CC(=O)O)(CC(=O)O)C(N)(CC(=O)O)CC(=O)O.[NaH].[NaH]. The van der Waals surface area contributed by atoms with Crippen molar-refractivity contribution in [3.8, 4) is 0 Å². The van der Waals surface area contributed by atoms with Crippen molar-refractivity contribution in [3.05, 3.63) is 0 Å². The molecule has 0 amide bonds. The van der Waals surface area contributed by atoms with E-state index in [2.05, 4.69) is 0 Å². The molecule has 0 unspecified atom stereocenters. The van der Waals surface area contributed by atoms with E-state index < -0.39 is 60.6 Å². The van der Waals surface area contributed by atoms with E-state index in [9.17, 15) is 19.2 Å². The zero-order valence-electron chi connectivity index (χ0n) is 10.4. The molecule has 0 bridgehead atoms. The second-order valence-corrected chi connectivity index (χ2v) is 4.59. The zero-order valence-corrected chi connectivity index (χ0v) is 10.4. The molecule has 0 aromatic heterocycles. The fourth-order valence-corrected chi connectivity index (χ4v) is 1.91. The molecule has 0 spiro atoms. The van der Waals surface area contributed by atoms with Crippen LogP contribution in [0.25, 0.3) is 0 Å². The molecule has 0 aliphatic rings. The summed E-state index contributed by atoms with van der Waals surface area (Å²) in [5.74, 6) is -6.06. The molecule has 0 heterocycles. The Morgan fingerprint density at radius 3 is 0.818 bits per heavy atom. The predicted octanol–water partition coefficient (Wildman–Crippen LogP) is -3.02. The molecule has 0 atom stereocenters. The minimum absolute atomic E-state index is 0. The Bertz CT molecular complexity index is 371. The topological polar surface area (TPSA) is 201 Å². The van der Waals surface area contributed by atoms with E-state index in [1.165, 1.54) is 0 Å². The Hall–Kier alpha value is -0.200. The van der Waals surface area contributed by atoms with E-state index in [1.807, 2.05) is 0 Å². The fourth-order valence-electron chi connectivity index (χ4n) is 1.91. The zero-order chi connectivity index (χ0) is 16.1. The van der Waals surface area contributed by atoms with Crippen LogP contribution in [0.2, 0.25) is 0 Å². The first-order valence-electron chi connectivity index (χ1n) is 5.37. The van der Waals surface area contributed by atoms with Gasteiger partial charge in [-0.3, -0.25) is 19.2 Å². The van der Waals surface area contributed by atoms with Gasteiger partial charge in [0.25, 0.3) is 0 Å². The normalized spacial score (nSPS) is 10.8. The van der Waals surface area contributed by atoms with Crippen LogP contribution in [0, 0.1) is 0 Å². The molecule has 8 N–H and O–H groups in total. The molecule has 10 nitrogen and oxygen atoms in total. The van der Waals surface area contributed by atoms with E-state index in [-0.39, 0.29) is 59.1 Å². The van der Waals surface area contributed by atoms with Gasteiger partial charge in [-0.05, 0) is 0 Å². The van der Waals surface area contributed by atoms with Crippen LogP contribution >= 0.6 is 0 Å². The van der Waals surface area contributed by atoms with E-state index in [0.29, 0.717) is 0 Å². The van der Waals surface area contributed by atoms with Gasteiger partial charge in [0.05, 0.1) is 36.8 Å². The van der Waals surface area contributed by atoms with Gasteiger partial charge in [-0.1, -0.05) is 0 Å². The summed E-state index contributed by atoms with van der Waals surface area (Å²) in [5.41, 5.74) is 6.88. The Labute approximate surface area is 169 Å². The van der Waals surface area contributed by atoms with Crippen molar-refractivity contribution in [2.75, 3.05) is 0 Å². The molecule has 0 radical (unpaired) electrons. The van der Waals surface area contributed by atoms with Crippen molar-refractivity contribution in [2.45, 2.75) is 36.8 Å². The molecular formula is C10H18N2Na2O8. The average Bonchev–Trinajstić information content (AvgIpc) is 2.10. The van der Waals surface area contributed by atoms with Crippen molar-refractivity contribution in [1.82, 2.24) is 0 Å². The van der Waals surface area contributed by atoms with Gasteiger partial charge < -0.3 is 31.9 Å². The Kier molecular flexibility index (Phi) is 12.8. The van der Waals surface area contributed by atoms with Crippen LogP contribution in [0.3, 0.4) is 0 Å². The molecule has 0 saturated heterocycles. The standard InChI is InChI=1S/C10H16N2O8.2Na.2H/c11-9(1-5(13)14,2-6(15)16)10(12,3-7(17)18)4-8(19)20;;;;/h1-4,11-12H2,(H,13,14)(H,15,16)(H,17,18)(H,19,20);;;;.